The summed E-state index contributed by atoms with van der Waals surface area (Å²) in [6, 6.07) is 9.22. The van der Waals surface area contributed by atoms with Crippen LogP contribution in [0.4, 0.5) is 13.2 Å². The zero-order valence-electron chi connectivity index (χ0n) is 16.8. The van der Waals surface area contributed by atoms with Crippen molar-refractivity contribution in [1.29, 1.82) is 0 Å². The molecule has 166 valence electrons. The maximum atomic E-state index is 13.2. The lowest BCUT2D eigenvalue weighted by atomic mass is 9.87. The minimum absolute atomic E-state index is 0.0667. The monoisotopic (exact) mass is 472 g/mol. The molecular weight excluding hydrogens is 452 g/mol. The Hall–Kier alpha value is -2.25. The van der Waals surface area contributed by atoms with Crippen LogP contribution in [0.15, 0.2) is 42.5 Å². The smallest absolute Gasteiger partial charge is 0.354 e. The van der Waals surface area contributed by atoms with Gasteiger partial charge in [-0.25, -0.2) is 0 Å². The van der Waals surface area contributed by atoms with E-state index in [1.807, 2.05) is 0 Å². The Bertz CT molecular complexity index is 995. The molecule has 0 aromatic heterocycles. The fourth-order valence-electron chi connectivity index (χ4n) is 3.74. The topological polar surface area (TPSA) is 49.4 Å². The standard InChI is InChI=1S/C22H21Cl2F3N2O2/c1-12(2)28-20(30)18-11-29(21(31)16-7-6-15(23)9-19(16)24)10-17(18)13-4-3-5-14(8-13)22(25,26)27/h3-9,12,17-18H,10-11H2,1-2H3,(H,28,30)/t17-,18+/m0/s1. The molecule has 1 heterocycles. The van der Waals surface area contributed by atoms with Gasteiger partial charge in [-0.05, 0) is 43.7 Å². The third-order valence-corrected chi connectivity index (χ3v) is 5.73. The van der Waals surface area contributed by atoms with Crippen LogP contribution in [0.3, 0.4) is 0 Å². The van der Waals surface area contributed by atoms with Gasteiger partial charge in [-0.15, -0.1) is 0 Å². The highest BCUT2D eigenvalue weighted by molar-refractivity contribution is 6.36. The van der Waals surface area contributed by atoms with Crippen molar-refractivity contribution in [3.63, 3.8) is 0 Å². The number of rotatable bonds is 4. The predicted molar refractivity (Wildman–Crippen MR) is 113 cm³/mol. The summed E-state index contributed by atoms with van der Waals surface area (Å²) >= 11 is 12.1. The maximum absolute atomic E-state index is 13.2. The number of carbonyl (C=O) groups excluding carboxylic acids is 2. The lowest BCUT2D eigenvalue weighted by Crippen LogP contribution is -2.39. The van der Waals surface area contributed by atoms with E-state index in [-0.39, 0.29) is 35.6 Å². The van der Waals surface area contributed by atoms with E-state index in [2.05, 4.69) is 5.32 Å². The Morgan fingerprint density at radius 3 is 2.42 bits per heavy atom. The summed E-state index contributed by atoms with van der Waals surface area (Å²) in [7, 11) is 0. The number of amides is 2. The predicted octanol–water partition coefficient (Wildman–Crippen LogP) is 5.39. The molecule has 1 aliphatic rings. The SMILES string of the molecule is CC(C)NC(=O)[C@@H]1CN(C(=O)c2ccc(Cl)cc2Cl)C[C@H]1c1cccc(C(F)(F)F)c1. The molecule has 0 spiro atoms. The molecule has 9 heteroatoms. The lowest BCUT2D eigenvalue weighted by molar-refractivity contribution is -0.137. The second-order valence-corrected chi connectivity index (χ2v) is 8.68. The van der Waals surface area contributed by atoms with Crippen LogP contribution in [0.1, 0.15) is 41.3 Å². The number of halogens is 5. The van der Waals surface area contributed by atoms with Crippen LogP contribution < -0.4 is 5.32 Å². The Labute approximate surface area is 188 Å². The van der Waals surface area contributed by atoms with Crippen molar-refractivity contribution < 1.29 is 22.8 Å². The second-order valence-electron chi connectivity index (χ2n) is 7.83. The van der Waals surface area contributed by atoms with Gasteiger partial charge in [0.1, 0.15) is 0 Å². The number of nitrogens with one attached hydrogen (secondary N) is 1. The van der Waals surface area contributed by atoms with Crippen LogP contribution in [0.5, 0.6) is 0 Å². The summed E-state index contributed by atoms with van der Waals surface area (Å²) in [6.45, 7) is 3.75. The first-order valence-corrected chi connectivity index (χ1v) is 10.4. The zero-order chi connectivity index (χ0) is 22.9. The van der Waals surface area contributed by atoms with E-state index in [4.69, 9.17) is 23.2 Å². The normalized spacial score (nSPS) is 19.0. The van der Waals surface area contributed by atoms with Gasteiger partial charge in [0.25, 0.3) is 5.91 Å². The van der Waals surface area contributed by atoms with E-state index >= 15 is 0 Å². The Morgan fingerprint density at radius 2 is 1.81 bits per heavy atom. The highest BCUT2D eigenvalue weighted by Crippen LogP contribution is 2.37. The first-order chi connectivity index (χ1) is 14.5. The van der Waals surface area contributed by atoms with E-state index in [0.29, 0.717) is 10.6 Å². The summed E-state index contributed by atoms with van der Waals surface area (Å²) in [4.78, 5) is 27.3. The molecule has 2 amide bonds. The van der Waals surface area contributed by atoms with E-state index in [9.17, 15) is 22.8 Å². The van der Waals surface area contributed by atoms with Gasteiger partial charge in [-0.2, -0.15) is 13.2 Å². The lowest BCUT2D eigenvalue weighted by Gasteiger charge is -2.20. The summed E-state index contributed by atoms with van der Waals surface area (Å²) in [5.41, 5.74) is -0.214. The van der Waals surface area contributed by atoms with Gasteiger partial charge in [0.05, 0.1) is 22.1 Å². The fraction of sp³-hybridized carbons (Fsp3) is 0.364. The molecule has 31 heavy (non-hydrogen) atoms. The largest absolute Gasteiger partial charge is 0.416 e. The molecule has 2 atom stereocenters. The van der Waals surface area contributed by atoms with Crippen molar-refractivity contribution in [3.05, 3.63) is 69.2 Å². The van der Waals surface area contributed by atoms with Gasteiger partial charge in [0.15, 0.2) is 0 Å². The van der Waals surface area contributed by atoms with Gasteiger partial charge in [0, 0.05) is 30.1 Å². The quantitative estimate of drug-likeness (QED) is 0.647. The van der Waals surface area contributed by atoms with Gasteiger partial charge >= 0.3 is 6.18 Å². The van der Waals surface area contributed by atoms with Crippen molar-refractivity contribution in [1.82, 2.24) is 10.2 Å². The molecule has 0 radical (unpaired) electrons. The molecule has 0 saturated carbocycles. The van der Waals surface area contributed by atoms with Crippen LogP contribution in [0.25, 0.3) is 0 Å². The van der Waals surface area contributed by atoms with Crippen LogP contribution in [0, 0.1) is 5.92 Å². The third-order valence-electron chi connectivity index (χ3n) is 5.18. The minimum atomic E-state index is -4.50. The number of carbonyl (C=O) groups is 2. The summed E-state index contributed by atoms with van der Waals surface area (Å²) in [6.07, 6.45) is -4.50. The molecule has 1 fully saturated rings. The molecular formula is C22H21Cl2F3N2O2. The van der Waals surface area contributed by atoms with Crippen molar-refractivity contribution in [2.45, 2.75) is 32.0 Å². The number of likely N-dealkylation sites (tertiary alicyclic amines) is 1. The van der Waals surface area contributed by atoms with Crippen LogP contribution in [-0.4, -0.2) is 35.8 Å². The van der Waals surface area contributed by atoms with Gasteiger partial charge in [0.2, 0.25) is 5.91 Å². The third kappa shape index (κ3) is 5.33. The minimum Gasteiger partial charge on any atom is -0.354 e. The van der Waals surface area contributed by atoms with Crippen molar-refractivity contribution in [2.75, 3.05) is 13.1 Å². The molecule has 1 aliphatic heterocycles. The first-order valence-electron chi connectivity index (χ1n) is 9.69. The van der Waals surface area contributed by atoms with Crippen molar-refractivity contribution in [3.8, 4) is 0 Å². The zero-order valence-corrected chi connectivity index (χ0v) is 18.4. The first kappa shape index (κ1) is 23.4. The van der Waals surface area contributed by atoms with Gasteiger partial charge in [-0.3, -0.25) is 9.59 Å². The number of hydrogen-bond donors (Lipinski definition) is 1. The van der Waals surface area contributed by atoms with E-state index < -0.39 is 29.5 Å². The summed E-state index contributed by atoms with van der Waals surface area (Å²) in [5, 5.41) is 3.35. The molecule has 3 rings (SSSR count). The van der Waals surface area contributed by atoms with E-state index in [0.717, 1.165) is 12.1 Å². The summed E-state index contributed by atoms with van der Waals surface area (Å²) < 4.78 is 39.6. The summed E-state index contributed by atoms with van der Waals surface area (Å²) in [5.74, 6) is -2.00. The van der Waals surface area contributed by atoms with Gasteiger partial charge < -0.3 is 10.2 Å². The molecule has 4 nitrogen and oxygen atoms in total. The Morgan fingerprint density at radius 1 is 1.10 bits per heavy atom. The molecule has 0 unspecified atom stereocenters. The molecule has 1 N–H and O–H groups in total. The highest BCUT2D eigenvalue weighted by atomic mass is 35.5. The van der Waals surface area contributed by atoms with E-state index in [1.165, 1.54) is 29.2 Å². The van der Waals surface area contributed by atoms with Crippen LogP contribution >= 0.6 is 23.2 Å². The maximum Gasteiger partial charge on any atom is 0.416 e. The van der Waals surface area contributed by atoms with E-state index in [1.54, 1.807) is 19.9 Å². The fourth-order valence-corrected chi connectivity index (χ4v) is 4.23. The van der Waals surface area contributed by atoms with Crippen LogP contribution in [-0.2, 0) is 11.0 Å². The van der Waals surface area contributed by atoms with Crippen molar-refractivity contribution >= 4 is 35.0 Å². The molecule has 1 saturated heterocycles. The number of nitrogens with zero attached hydrogens (tertiary/aromatic N) is 1. The van der Waals surface area contributed by atoms with Gasteiger partial charge in [-0.1, -0.05) is 41.4 Å². The molecule has 2 aromatic rings. The second kappa shape index (κ2) is 9.09. The highest BCUT2D eigenvalue weighted by Gasteiger charge is 2.42. The number of alkyl halides is 3. The average molecular weight is 473 g/mol. The molecule has 0 aliphatic carbocycles. The Kier molecular flexibility index (Phi) is 6.86. The van der Waals surface area contributed by atoms with Crippen molar-refractivity contribution in [2.24, 2.45) is 5.92 Å². The molecule has 0 bridgehead atoms. The number of hydrogen-bond acceptors (Lipinski definition) is 2. The Balaban J connectivity index is 1.94. The average Bonchev–Trinajstić information content (AvgIpc) is 3.12. The number of benzene rings is 2. The van der Waals surface area contributed by atoms with Crippen LogP contribution in [0.2, 0.25) is 10.0 Å². The molecule has 2 aromatic carbocycles.